The average molecular weight is 603 g/mol. The fourth-order valence-electron chi connectivity index (χ4n) is 1.89. The van der Waals surface area contributed by atoms with E-state index in [4.69, 9.17) is 37.9 Å². The fraction of sp³-hybridized carbons (Fsp3) is 0.417. The molecule has 0 unspecified atom stereocenters. The van der Waals surface area contributed by atoms with E-state index >= 15 is 0 Å². The number of likely N-dealkylation sites (N-methyl/N-ethyl adjacent to an activating group) is 2. The molecule has 0 heterocycles. The minimum atomic E-state index is -5.17. The van der Waals surface area contributed by atoms with Gasteiger partial charge in [-0.25, -0.2) is 9.59 Å². The Morgan fingerprint density at radius 3 is 1.00 bits per heavy atom. The van der Waals surface area contributed by atoms with E-state index in [1.165, 1.54) is 48.5 Å². The Morgan fingerprint density at radius 1 is 0.675 bits per heavy atom. The van der Waals surface area contributed by atoms with Crippen LogP contribution in [0.1, 0.15) is 20.7 Å². The van der Waals surface area contributed by atoms with Gasteiger partial charge in [-0.1, -0.05) is 47.9 Å². The van der Waals surface area contributed by atoms with E-state index in [1.807, 2.05) is 0 Å². The van der Waals surface area contributed by atoms with E-state index in [0.29, 0.717) is 0 Å². The van der Waals surface area contributed by atoms with Crippen LogP contribution in [-0.2, 0) is 10.4 Å². The van der Waals surface area contributed by atoms with E-state index in [0.717, 1.165) is 22.1 Å². The normalized spacial score (nSPS) is 10.2. The van der Waals surface area contributed by atoms with Crippen LogP contribution in [0.25, 0.3) is 0 Å². The molecule has 16 heteroatoms. The maximum absolute atomic E-state index is 10.7. The zero-order chi connectivity index (χ0) is 31.4. The summed E-state index contributed by atoms with van der Waals surface area (Å²) in [6, 6.07) is 11.1. The Hall–Kier alpha value is -2.54. The van der Waals surface area contributed by atoms with Crippen molar-refractivity contribution in [2.75, 3.05) is 68.6 Å². The predicted molar refractivity (Wildman–Crippen MR) is 142 cm³/mol. The van der Waals surface area contributed by atoms with E-state index in [1.54, 1.807) is 0 Å². The second kappa shape index (κ2) is 22.2. The third-order valence-electron chi connectivity index (χ3n) is 3.78. The standard InChI is InChI=1S/2C7H6O3.2C5H14NO.Mg.H2O4S/c2*8-6-4-2-1-3-5(6)7(9)10;2*1-6(2,3)4-5-7;;1-5(2,3)4/h2*1-4,8H,(H,9,10);2*7H,4-5H2,1-3H3;;(H2,1,2,3,4)/q;;2*+1;+2;/p-4. The van der Waals surface area contributed by atoms with Gasteiger partial charge in [0.2, 0.25) is 0 Å². The number of carboxylic acid groups (broad SMARTS) is 2. The van der Waals surface area contributed by atoms with Crippen LogP contribution < -0.4 is 10.2 Å². The van der Waals surface area contributed by atoms with Crippen LogP contribution in [0.5, 0.6) is 11.5 Å². The first-order chi connectivity index (χ1) is 17.6. The number of nitrogens with zero attached hydrogens (tertiary/aromatic N) is 2. The molecule has 0 saturated carbocycles. The Morgan fingerprint density at radius 2 is 0.900 bits per heavy atom. The van der Waals surface area contributed by atoms with Gasteiger partial charge >= 0.3 is 35.0 Å². The van der Waals surface area contributed by atoms with Crippen LogP contribution in [0.2, 0.25) is 0 Å². The number of para-hydroxylation sites is 2. The van der Waals surface area contributed by atoms with Gasteiger partial charge in [0.1, 0.15) is 13.1 Å². The molecule has 0 atom stereocenters. The molecule has 2 rings (SSSR count). The van der Waals surface area contributed by atoms with Crippen molar-refractivity contribution in [1.29, 1.82) is 0 Å². The summed E-state index contributed by atoms with van der Waals surface area (Å²) in [6.45, 7) is 2.23. The van der Waals surface area contributed by atoms with Gasteiger partial charge in [0.15, 0.2) is 0 Å². The number of hydrogen-bond acceptors (Lipinski definition) is 10. The minimum Gasteiger partial charge on any atom is -0.872 e. The second-order valence-electron chi connectivity index (χ2n) is 9.49. The summed E-state index contributed by atoms with van der Waals surface area (Å²) in [7, 11) is 7.14. The summed E-state index contributed by atoms with van der Waals surface area (Å²) >= 11 is 0. The fourth-order valence-corrected chi connectivity index (χ4v) is 1.89. The predicted octanol–water partition coefficient (Wildman–Crippen LogP) is -1.43. The topological polar surface area (TPSA) is 241 Å². The Bertz CT molecular complexity index is 1010. The van der Waals surface area contributed by atoms with Crippen molar-refractivity contribution in [3.63, 3.8) is 0 Å². The zero-order valence-corrected chi connectivity index (χ0v) is 25.7. The van der Waals surface area contributed by atoms with Crippen molar-refractivity contribution < 1.29 is 66.7 Å². The molecule has 0 aliphatic rings. The number of aromatic carboxylic acids is 2. The molecule has 0 aliphatic heterocycles. The first kappa shape index (κ1) is 44.5. The summed E-state index contributed by atoms with van der Waals surface area (Å²) < 4.78 is 35.8. The van der Waals surface area contributed by atoms with Gasteiger partial charge in [-0.15, -0.1) is 0 Å². The summed E-state index contributed by atoms with van der Waals surface area (Å²) in [5, 5.41) is 54.9. The van der Waals surface area contributed by atoms with Crippen molar-refractivity contribution >= 4 is 45.4 Å². The van der Waals surface area contributed by atoms with E-state index in [9.17, 15) is 19.8 Å². The first-order valence-corrected chi connectivity index (χ1v) is 12.4. The van der Waals surface area contributed by atoms with Crippen LogP contribution in [0.3, 0.4) is 0 Å². The molecule has 0 radical (unpaired) electrons. The molecule has 40 heavy (non-hydrogen) atoms. The summed E-state index contributed by atoms with van der Waals surface area (Å²) in [5.41, 5.74) is -0.356. The quantitative estimate of drug-likeness (QED) is 0.129. The largest absolute Gasteiger partial charge is 2.00 e. The number of carbonyl (C=O) groups is 2. The molecule has 0 bridgehead atoms. The molecule has 0 aliphatic carbocycles. The molecule has 0 amide bonds. The second-order valence-corrected chi connectivity index (χ2v) is 10.3. The SMILES string of the molecule is C[N+](C)(C)CCO.C[N+](C)(C)CCO.O=C(O)c1ccccc1[O-].O=C(O)c1ccccc1[O-].O=S(=O)([O-])[O-].[Mg+2]. The van der Waals surface area contributed by atoms with Gasteiger partial charge in [0, 0.05) is 10.4 Å². The molecule has 4 N–H and O–H groups in total. The van der Waals surface area contributed by atoms with Crippen molar-refractivity contribution in [2.45, 2.75) is 0 Å². The number of hydrogen-bond donors (Lipinski definition) is 4. The molecule has 2 aromatic rings. The van der Waals surface area contributed by atoms with Crippen molar-refractivity contribution in [1.82, 2.24) is 0 Å². The van der Waals surface area contributed by atoms with Crippen LogP contribution >= 0.6 is 0 Å². The Labute approximate surface area is 251 Å². The molecule has 0 saturated heterocycles. The van der Waals surface area contributed by atoms with Crippen molar-refractivity contribution in [3.05, 3.63) is 59.7 Å². The molecule has 0 aromatic heterocycles. The smallest absolute Gasteiger partial charge is 0.872 e. The first-order valence-electron chi connectivity index (χ1n) is 11.0. The molecule has 0 spiro atoms. The van der Waals surface area contributed by atoms with E-state index < -0.39 is 33.8 Å². The number of benzene rings is 2. The van der Waals surface area contributed by atoms with Gasteiger partial charge < -0.3 is 48.7 Å². The van der Waals surface area contributed by atoms with E-state index in [2.05, 4.69) is 42.3 Å². The maximum Gasteiger partial charge on any atom is 2.00 e. The summed E-state index contributed by atoms with van der Waals surface area (Å²) in [6.07, 6.45) is 0. The van der Waals surface area contributed by atoms with Crippen LogP contribution in [0, 0.1) is 0 Å². The van der Waals surface area contributed by atoms with Gasteiger partial charge in [-0.3, -0.25) is 8.42 Å². The number of rotatable bonds is 6. The maximum atomic E-state index is 10.7. The van der Waals surface area contributed by atoms with Crippen LogP contribution in [-0.4, -0.2) is 150 Å². The third-order valence-corrected chi connectivity index (χ3v) is 3.78. The van der Waals surface area contributed by atoms with E-state index in [-0.39, 0.29) is 47.4 Å². The molecule has 14 nitrogen and oxygen atoms in total. The Kier molecular flexibility index (Phi) is 24.7. The number of quaternary nitrogens is 2. The van der Waals surface area contributed by atoms with Crippen molar-refractivity contribution in [2.24, 2.45) is 0 Å². The molecular weight excluding hydrogens is 565 g/mol. The molecular formula is C24H38MgN2O12S. The summed E-state index contributed by atoms with van der Waals surface area (Å²) in [4.78, 5) is 20.4. The van der Waals surface area contributed by atoms with Gasteiger partial charge in [0.05, 0.1) is 66.6 Å². The minimum absolute atomic E-state index is 0. The third kappa shape index (κ3) is 33.5. The summed E-state index contributed by atoms with van der Waals surface area (Å²) in [5.74, 6) is -3.25. The zero-order valence-electron chi connectivity index (χ0n) is 23.5. The Balaban J connectivity index is -0.000000206. The molecule has 224 valence electrons. The van der Waals surface area contributed by atoms with Crippen LogP contribution in [0.15, 0.2) is 48.5 Å². The molecule has 2 aromatic carbocycles. The van der Waals surface area contributed by atoms with Gasteiger partial charge in [-0.2, -0.15) is 0 Å². The van der Waals surface area contributed by atoms with Crippen LogP contribution in [0.4, 0.5) is 0 Å². The number of aliphatic hydroxyl groups excluding tert-OH is 2. The molecule has 0 fully saturated rings. The monoisotopic (exact) mass is 602 g/mol. The number of carboxylic acids is 2. The number of aliphatic hydroxyl groups is 2. The van der Waals surface area contributed by atoms with Crippen molar-refractivity contribution in [3.8, 4) is 11.5 Å². The van der Waals surface area contributed by atoms with Gasteiger partial charge in [-0.05, 0) is 12.1 Å². The average Bonchev–Trinajstić information content (AvgIpc) is 2.72. The van der Waals surface area contributed by atoms with Gasteiger partial charge in [0.25, 0.3) is 0 Å².